The van der Waals surface area contributed by atoms with Crippen LogP contribution in [0.2, 0.25) is 0 Å². The molecule has 3 nitrogen and oxygen atoms in total. The molecular weight excluding hydrogens is 424 g/mol. The van der Waals surface area contributed by atoms with Gasteiger partial charge in [-0.15, -0.1) is 0 Å². The summed E-state index contributed by atoms with van der Waals surface area (Å²) in [5, 5.41) is 0. The fourth-order valence-electron chi connectivity index (χ4n) is 2.17. The summed E-state index contributed by atoms with van der Waals surface area (Å²) in [4.78, 5) is 23.4. The molecular formula is C18H16Br2O3. The molecule has 0 spiro atoms. The van der Waals surface area contributed by atoms with E-state index in [1.165, 1.54) is 6.92 Å². The molecule has 0 radical (unpaired) electrons. The molecule has 0 bridgehead atoms. The predicted octanol–water partition coefficient (Wildman–Crippen LogP) is 5.00. The summed E-state index contributed by atoms with van der Waals surface area (Å²) in [6.45, 7) is 3.21. The number of esters is 1. The maximum Gasteiger partial charge on any atom is 0.308 e. The number of aryl methyl sites for hydroxylation is 1. The first-order valence-corrected chi connectivity index (χ1v) is 8.89. The lowest BCUT2D eigenvalue weighted by molar-refractivity contribution is -0.131. The monoisotopic (exact) mass is 438 g/mol. The molecule has 0 fully saturated rings. The van der Waals surface area contributed by atoms with E-state index >= 15 is 0 Å². The van der Waals surface area contributed by atoms with Gasteiger partial charge in [-0.1, -0.05) is 73.8 Å². The van der Waals surface area contributed by atoms with Crippen molar-refractivity contribution in [3.63, 3.8) is 0 Å². The average molecular weight is 440 g/mol. The summed E-state index contributed by atoms with van der Waals surface area (Å²) in [6.07, 6.45) is 0. The predicted molar refractivity (Wildman–Crippen MR) is 97.6 cm³/mol. The number of hydrogen-bond donors (Lipinski definition) is 0. The minimum Gasteiger partial charge on any atom is -0.426 e. The zero-order valence-electron chi connectivity index (χ0n) is 12.8. The fraction of sp³-hybridized carbons (Fsp3) is 0.222. The summed E-state index contributed by atoms with van der Waals surface area (Å²) >= 11 is 7.04. The molecule has 120 valence electrons. The van der Waals surface area contributed by atoms with Gasteiger partial charge in [-0.05, 0) is 24.6 Å². The van der Waals surface area contributed by atoms with Gasteiger partial charge in [0.05, 0.1) is 15.2 Å². The standard InChI is InChI=1S/C18H16Br2O3/c1-11-8-9-15(23-12(2)21)14(10-11)18(22)17(20)16(19)13-6-4-3-5-7-13/h3-10,16-17H,1-2H3. The van der Waals surface area contributed by atoms with Gasteiger partial charge in [0.15, 0.2) is 5.78 Å². The van der Waals surface area contributed by atoms with Crippen LogP contribution in [-0.4, -0.2) is 16.6 Å². The smallest absolute Gasteiger partial charge is 0.308 e. The third-order valence-corrected chi connectivity index (χ3v) is 5.99. The quantitative estimate of drug-likeness (QED) is 0.285. The summed E-state index contributed by atoms with van der Waals surface area (Å²) < 4.78 is 5.16. The first-order chi connectivity index (χ1) is 10.9. The molecule has 0 heterocycles. The van der Waals surface area contributed by atoms with Gasteiger partial charge in [-0.3, -0.25) is 9.59 Å². The number of halogens is 2. The van der Waals surface area contributed by atoms with Crippen LogP contribution >= 0.6 is 31.9 Å². The molecule has 0 amide bonds. The molecule has 0 saturated heterocycles. The lowest BCUT2D eigenvalue weighted by Gasteiger charge is -2.18. The second-order valence-corrected chi connectivity index (χ2v) is 7.14. The van der Waals surface area contributed by atoms with E-state index in [-0.39, 0.29) is 16.4 Å². The number of hydrogen-bond acceptors (Lipinski definition) is 3. The van der Waals surface area contributed by atoms with Crippen LogP contribution in [0.15, 0.2) is 48.5 Å². The Bertz CT molecular complexity index is 713. The van der Waals surface area contributed by atoms with Crippen LogP contribution in [0.4, 0.5) is 0 Å². The third-order valence-electron chi connectivity index (χ3n) is 3.28. The van der Waals surface area contributed by atoms with Gasteiger partial charge >= 0.3 is 5.97 Å². The minimum atomic E-state index is -0.485. The first kappa shape index (κ1) is 17.9. The van der Waals surface area contributed by atoms with Gasteiger partial charge in [-0.25, -0.2) is 0 Å². The van der Waals surface area contributed by atoms with Gasteiger partial charge < -0.3 is 4.74 Å². The largest absolute Gasteiger partial charge is 0.426 e. The lowest BCUT2D eigenvalue weighted by atomic mass is 10.0. The van der Waals surface area contributed by atoms with Crippen LogP contribution in [-0.2, 0) is 4.79 Å². The van der Waals surface area contributed by atoms with Crippen LogP contribution in [0.25, 0.3) is 0 Å². The maximum absolute atomic E-state index is 12.8. The zero-order valence-corrected chi connectivity index (χ0v) is 15.9. The molecule has 2 unspecified atom stereocenters. The molecule has 5 heteroatoms. The number of carbonyl (C=O) groups excluding carboxylic acids is 2. The topological polar surface area (TPSA) is 43.4 Å². The van der Waals surface area contributed by atoms with E-state index in [1.54, 1.807) is 18.2 Å². The molecule has 0 N–H and O–H groups in total. The van der Waals surface area contributed by atoms with Gasteiger partial charge in [0.25, 0.3) is 0 Å². The Hall–Kier alpha value is -1.46. The minimum absolute atomic E-state index is 0.143. The SMILES string of the molecule is CC(=O)Oc1ccc(C)cc1C(=O)C(Br)C(Br)c1ccccc1. The lowest BCUT2D eigenvalue weighted by Crippen LogP contribution is -2.20. The van der Waals surface area contributed by atoms with Crippen molar-refractivity contribution in [3.8, 4) is 5.75 Å². The highest BCUT2D eigenvalue weighted by atomic mass is 79.9. The van der Waals surface area contributed by atoms with Gasteiger partial charge in [0.2, 0.25) is 0 Å². The third kappa shape index (κ3) is 4.52. The van der Waals surface area contributed by atoms with E-state index in [0.29, 0.717) is 5.56 Å². The van der Waals surface area contributed by atoms with Crippen molar-refractivity contribution >= 4 is 43.6 Å². The molecule has 23 heavy (non-hydrogen) atoms. The molecule has 2 rings (SSSR count). The molecule has 2 atom stereocenters. The van der Waals surface area contributed by atoms with E-state index in [0.717, 1.165) is 11.1 Å². The van der Waals surface area contributed by atoms with Gasteiger partial charge in [-0.2, -0.15) is 0 Å². The van der Waals surface area contributed by atoms with Gasteiger partial charge in [0.1, 0.15) is 5.75 Å². The van der Waals surface area contributed by atoms with Crippen LogP contribution < -0.4 is 4.74 Å². The first-order valence-electron chi connectivity index (χ1n) is 7.06. The van der Waals surface area contributed by atoms with E-state index < -0.39 is 10.8 Å². The van der Waals surface area contributed by atoms with E-state index in [2.05, 4.69) is 31.9 Å². The summed E-state index contributed by atoms with van der Waals surface area (Å²) in [5.74, 6) is -0.312. The van der Waals surface area contributed by atoms with Crippen LogP contribution in [0, 0.1) is 6.92 Å². The van der Waals surface area contributed by atoms with E-state index in [1.807, 2.05) is 37.3 Å². The molecule has 2 aromatic carbocycles. The Kier molecular flexibility index (Phi) is 6.13. The van der Waals surface area contributed by atoms with E-state index in [4.69, 9.17) is 4.74 Å². The molecule has 0 aliphatic rings. The van der Waals surface area contributed by atoms with Crippen LogP contribution in [0.3, 0.4) is 0 Å². The Morgan fingerprint density at radius 1 is 1.04 bits per heavy atom. The molecule has 0 saturated carbocycles. The Morgan fingerprint density at radius 3 is 2.30 bits per heavy atom. The van der Waals surface area contributed by atoms with Crippen molar-refractivity contribution in [3.05, 3.63) is 65.2 Å². The normalized spacial score (nSPS) is 13.2. The number of rotatable bonds is 5. The highest BCUT2D eigenvalue weighted by Gasteiger charge is 2.28. The number of alkyl halides is 2. The maximum atomic E-state index is 12.8. The van der Waals surface area contributed by atoms with Gasteiger partial charge in [0, 0.05) is 6.92 Å². The number of ether oxygens (including phenoxy) is 1. The Morgan fingerprint density at radius 2 is 1.70 bits per heavy atom. The number of carbonyl (C=O) groups is 2. The second kappa shape index (κ2) is 7.88. The van der Waals surface area contributed by atoms with Crippen molar-refractivity contribution in [2.45, 2.75) is 23.5 Å². The number of Topliss-reactive ketones (excluding diaryl/α,β-unsaturated/α-hetero) is 1. The number of benzene rings is 2. The van der Waals surface area contributed by atoms with Crippen LogP contribution in [0.1, 0.15) is 33.2 Å². The molecule has 0 aromatic heterocycles. The zero-order chi connectivity index (χ0) is 17.0. The fourth-order valence-corrected chi connectivity index (χ4v) is 3.26. The number of ketones is 1. The summed E-state index contributed by atoms with van der Waals surface area (Å²) in [5.41, 5.74) is 2.31. The highest BCUT2D eigenvalue weighted by Crippen LogP contribution is 2.35. The second-order valence-electron chi connectivity index (χ2n) is 5.17. The Labute approximate surface area is 152 Å². The van der Waals surface area contributed by atoms with Crippen LogP contribution in [0.5, 0.6) is 5.75 Å². The van der Waals surface area contributed by atoms with Crippen molar-refractivity contribution in [1.82, 2.24) is 0 Å². The summed E-state index contributed by atoms with van der Waals surface area (Å²) in [6, 6.07) is 14.9. The average Bonchev–Trinajstić information content (AvgIpc) is 2.55. The van der Waals surface area contributed by atoms with Crippen molar-refractivity contribution in [1.29, 1.82) is 0 Å². The molecule has 2 aromatic rings. The van der Waals surface area contributed by atoms with E-state index in [9.17, 15) is 9.59 Å². The molecule has 0 aliphatic heterocycles. The Balaban J connectivity index is 2.32. The van der Waals surface area contributed by atoms with Crippen molar-refractivity contribution in [2.75, 3.05) is 0 Å². The van der Waals surface area contributed by atoms with Crippen molar-refractivity contribution in [2.24, 2.45) is 0 Å². The van der Waals surface area contributed by atoms with Crippen molar-refractivity contribution < 1.29 is 14.3 Å². The highest BCUT2D eigenvalue weighted by molar-refractivity contribution is 9.12. The molecule has 0 aliphatic carbocycles. The summed E-state index contributed by atoms with van der Waals surface area (Å²) in [7, 11) is 0.